The Bertz CT molecular complexity index is 1220. The Morgan fingerprint density at radius 2 is 0.929 bits per heavy atom. The molecular weight excluding hydrogens is 535 g/mol. The van der Waals surface area contributed by atoms with Crippen LogP contribution >= 0.6 is 0 Å². The molecule has 0 unspecified atom stereocenters. The number of aliphatic imine (C=N–C) groups is 2. The Hall–Kier alpha value is -2.13. The van der Waals surface area contributed by atoms with Gasteiger partial charge in [-0.05, 0) is 68.9 Å². The normalized spacial score (nSPS) is 19.7. The van der Waals surface area contributed by atoms with Crippen LogP contribution in [-0.2, 0) is 21.7 Å². The molecular formula is C36H54AlN2O3. The van der Waals surface area contributed by atoms with Gasteiger partial charge in [-0.1, -0.05) is 108 Å². The summed E-state index contributed by atoms with van der Waals surface area (Å²) in [6, 6.07) is 9.54. The Kier molecular flexibility index (Phi) is 10.2. The van der Waals surface area contributed by atoms with Gasteiger partial charge in [0.15, 0.2) is 0 Å². The molecule has 1 radical (unpaired) electrons. The van der Waals surface area contributed by atoms with Crippen molar-refractivity contribution >= 4 is 28.3 Å². The fourth-order valence-corrected chi connectivity index (χ4v) is 6.42. The lowest BCUT2D eigenvalue weighted by atomic mass is 9.79. The summed E-state index contributed by atoms with van der Waals surface area (Å²) < 4.78 is 13.4. The molecule has 1 aliphatic heterocycles. The Balaban J connectivity index is 0.00000484. The van der Waals surface area contributed by atoms with Crippen LogP contribution in [0.4, 0.5) is 0 Å². The van der Waals surface area contributed by atoms with Crippen LogP contribution in [0.25, 0.3) is 0 Å². The maximum atomic E-state index is 6.71. The lowest BCUT2D eigenvalue weighted by Gasteiger charge is -2.30. The van der Waals surface area contributed by atoms with Gasteiger partial charge in [-0.25, -0.2) is 0 Å². The molecule has 6 heteroatoms. The average molecular weight is 590 g/mol. The topological polar surface area (TPSA) is 74.7 Å². The van der Waals surface area contributed by atoms with Gasteiger partial charge in [-0.3, -0.25) is 9.98 Å². The molecule has 0 spiro atoms. The van der Waals surface area contributed by atoms with Crippen molar-refractivity contribution in [2.24, 2.45) is 9.98 Å². The van der Waals surface area contributed by atoms with E-state index in [0.717, 1.165) is 35.5 Å². The van der Waals surface area contributed by atoms with Crippen molar-refractivity contribution in [3.8, 4) is 11.5 Å². The molecule has 0 amide bonds. The second kappa shape index (κ2) is 12.5. The third-order valence-corrected chi connectivity index (χ3v) is 9.08. The molecule has 2 atom stereocenters. The molecule has 42 heavy (non-hydrogen) atoms. The zero-order valence-electron chi connectivity index (χ0n) is 28.2. The molecule has 0 aromatic heterocycles. The standard InChI is InChI=1S/C36H54N2O2.Al.H2O/c1-33(2,3)25-17-23(31(39)27(19-25)35(7,8)9)21-37-29-15-13-14-16-30(29)38-22-24-18-26(34(4,5)6)20-28(32(24)40)36(10,11)12;;/h17-22,29-30,39-40H,13-16H2,1-12H3;;1H2/q;+2;/p-2/t29-,30-;;/m0../s1. The average Bonchev–Trinajstić information content (AvgIpc) is 2.85. The molecule has 1 aliphatic carbocycles. The zero-order valence-corrected chi connectivity index (χ0v) is 29.4. The van der Waals surface area contributed by atoms with E-state index in [9.17, 15) is 0 Å². The van der Waals surface area contributed by atoms with Crippen molar-refractivity contribution in [2.75, 3.05) is 0 Å². The van der Waals surface area contributed by atoms with E-state index in [1.165, 1.54) is 35.1 Å². The first kappa shape index (κ1) is 34.4. The van der Waals surface area contributed by atoms with Gasteiger partial charge in [0, 0.05) is 23.6 Å². The third-order valence-electron chi connectivity index (χ3n) is 8.42. The maximum absolute atomic E-state index is 6.71. The van der Waals surface area contributed by atoms with E-state index in [1.54, 1.807) is 0 Å². The summed E-state index contributed by atoms with van der Waals surface area (Å²) in [5.41, 5.74) is 6.91. The second-order valence-corrected chi connectivity index (χ2v) is 16.9. The summed E-state index contributed by atoms with van der Waals surface area (Å²) in [5, 5.41) is 0. The van der Waals surface area contributed by atoms with E-state index in [0.29, 0.717) is 0 Å². The quantitative estimate of drug-likeness (QED) is 0.291. The van der Waals surface area contributed by atoms with Gasteiger partial charge in [-0.2, -0.15) is 0 Å². The predicted octanol–water partition coefficient (Wildman–Crippen LogP) is 8.21. The highest BCUT2D eigenvalue weighted by Gasteiger charge is 2.30. The Morgan fingerprint density at radius 1 is 0.571 bits per heavy atom. The third kappa shape index (κ3) is 7.87. The van der Waals surface area contributed by atoms with Gasteiger partial charge < -0.3 is 13.1 Å². The molecule has 2 N–H and O–H groups in total. The van der Waals surface area contributed by atoms with Crippen molar-refractivity contribution < 1.29 is 13.1 Å². The summed E-state index contributed by atoms with van der Waals surface area (Å²) in [6.45, 7) is 27.2. The van der Waals surface area contributed by atoms with Gasteiger partial charge in [0.2, 0.25) is 0 Å². The number of rotatable bonds is 0. The van der Waals surface area contributed by atoms with Gasteiger partial charge in [0.25, 0.3) is 0 Å². The number of nitrogens with zero attached hydrogens (tertiary/aromatic N) is 2. The summed E-state index contributed by atoms with van der Waals surface area (Å²) in [5.74, 6) is 1.81. The molecule has 2 aliphatic rings. The van der Waals surface area contributed by atoms with E-state index in [2.05, 4.69) is 120 Å². The van der Waals surface area contributed by atoms with Crippen LogP contribution < -0.4 is 7.58 Å². The van der Waals surface area contributed by atoms with E-state index in [4.69, 9.17) is 17.6 Å². The minimum atomic E-state index is -0.818. The van der Waals surface area contributed by atoms with Crippen molar-refractivity contribution in [1.82, 2.24) is 0 Å². The number of hydrogen-bond donors (Lipinski definition) is 0. The van der Waals surface area contributed by atoms with Crippen molar-refractivity contribution in [3.05, 3.63) is 57.6 Å². The smallest absolute Gasteiger partial charge is 0.615 e. The fourth-order valence-electron chi connectivity index (χ4n) is 5.65. The van der Waals surface area contributed by atoms with Gasteiger partial charge in [-0.15, -0.1) is 0 Å². The van der Waals surface area contributed by atoms with Gasteiger partial charge in [0.1, 0.15) is 0 Å². The molecule has 229 valence electrons. The SMILES string of the molecule is CC(C)(C)c1cc2c(c(C(C)(C)C)c1)[O][Al][O]c1c(cc(C(C)(C)C)cc1C(C)(C)C)C=N[C@H]1CCCC[C@@H]1N=C2.O. The first-order chi connectivity index (χ1) is 18.9. The van der Waals surface area contributed by atoms with Crippen LogP contribution in [-0.4, -0.2) is 45.9 Å². The lowest BCUT2D eigenvalue weighted by molar-refractivity contribution is 0.390. The molecule has 0 saturated heterocycles. The summed E-state index contributed by atoms with van der Waals surface area (Å²) in [4.78, 5) is 10.4. The molecule has 1 fully saturated rings. The fraction of sp³-hybridized carbons (Fsp3) is 0.611. The molecule has 2 aromatic rings. The second-order valence-electron chi connectivity index (χ2n) is 16.2. The first-order valence-electron chi connectivity index (χ1n) is 15.4. The minimum absolute atomic E-state index is 0. The number of benzene rings is 2. The highest BCUT2D eigenvalue weighted by atomic mass is 27.2. The molecule has 1 heterocycles. The first-order valence-corrected chi connectivity index (χ1v) is 16.4. The van der Waals surface area contributed by atoms with Crippen LogP contribution in [0.5, 0.6) is 11.5 Å². The number of hydrogen-bond acceptors (Lipinski definition) is 4. The van der Waals surface area contributed by atoms with Crippen molar-refractivity contribution in [1.29, 1.82) is 0 Å². The molecule has 5 nitrogen and oxygen atoms in total. The minimum Gasteiger partial charge on any atom is -0.615 e. The lowest BCUT2D eigenvalue weighted by Crippen LogP contribution is -2.27. The molecule has 4 rings (SSSR count). The molecule has 1 saturated carbocycles. The summed E-state index contributed by atoms with van der Waals surface area (Å²) in [7, 11) is 0. The monoisotopic (exact) mass is 589 g/mol. The maximum Gasteiger partial charge on any atom is 0.881 e. The molecule has 0 bridgehead atoms. The van der Waals surface area contributed by atoms with E-state index in [1.807, 2.05) is 0 Å². The van der Waals surface area contributed by atoms with Crippen LogP contribution in [0.3, 0.4) is 0 Å². The van der Waals surface area contributed by atoms with E-state index in [-0.39, 0.29) is 39.2 Å². The van der Waals surface area contributed by atoms with Crippen molar-refractivity contribution in [3.63, 3.8) is 0 Å². The van der Waals surface area contributed by atoms with Crippen molar-refractivity contribution in [2.45, 2.75) is 143 Å². The van der Waals surface area contributed by atoms with E-state index >= 15 is 0 Å². The molecule has 2 aromatic carbocycles. The summed E-state index contributed by atoms with van der Waals surface area (Å²) in [6.07, 6.45) is 8.65. The highest BCUT2D eigenvalue weighted by molar-refractivity contribution is 6.21. The van der Waals surface area contributed by atoms with E-state index < -0.39 is 15.9 Å². The van der Waals surface area contributed by atoms with Crippen LogP contribution in [0.2, 0.25) is 0 Å². The van der Waals surface area contributed by atoms with Crippen LogP contribution in [0, 0.1) is 0 Å². The predicted molar refractivity (Wildman–Crippen MR) is 180 cm³/mol. The largest absolute Gasteiger partial charge is 0.881 e. The highest BCUT2D eigenvalue weighted by Crippen LogP contribution is 2.40. The van der Waals surface area contributed by atoms with Crippen LogP contribution in [0.15, 0.2) is 34.3 Å². The van der Waals surface area contributed by atoms with Gasteiger partial charge in [0.05, 0.1) is 23.6 Å². The number of fused-ring (bicyclic) bond motifs is 3. The summed E-state index contributed by atoms with van der Waals surface area (Å²) >= 11 is -0.818. The Morgan fingerprint density at radius 3 is 1.24 bits per heavy atom. The van der Waals surface area contributed by atoms with Crippen LogP contribution in [0.1, 0.15) is 142 Å². The zero-order chi connectivity index (χ0) is 30.4. The van der Waals surface area contributed by atoms with Gasteiger partial charge >= 0.3 is 15.9 Å². The Labute approximate surface area is 262 Å².